The van der Waals surface area contributed by atoms with Crippen LogP contribution < -0.4 is 11.1 Å². The minimum Gasteiger partial charge on any atom is -0.369 e. The Bertz CT molecular complexity index is 205. The Labute approximate surface area is 79.1 Å². The Morgan fingerprint density at radius 1 is 1.54 bits per heavy atom. The van der Waals surface area contributed by atoms with E-state index in [1.54, 1.807) is 0 Å². The molecule has 3 N–H and O–H groups in total. The molecule has 1 unspecified atom stereocenters. The summed E-state index contributed by atoms with van der Waals surface area (Å²) in [6, 6.07) is 0. The maximum atomic E-state index is 11.4. The summed E-state index contributed by atoms with van der Waals surface area (Å²) in [6.07, 6.45) is 5.71. The molecule has 0 aromatic carbocycles. The molecule has 2 aliphatic rings. The number of nitrogens with two attached hydrogens (primary N) is 1. The van der Waals surface area contributed by atoms with Gasteiger partial charge in [0.15, 0.2) is 0 Å². The van der Waals surface area contributed by atoms with Gasteiger partial charge in [0, 0.05) is 6.54 Å². The summed E-state index contributed by atoms with van der Waals surface area (Å²) < 4.78 is 0. The van der Waals surface area contributed by atoms with Crippen LogP contribution in [0.25, 0.3) is 0 Å². The zero-order valence-corrected chi connectivity index (χ0v) is 8.01. The summed E-state index contributed by atoms with van der Waals surface area (Å²) in [5.41, 5.74) is 5.29. The lowest BCUT2D eigenvalue weighted by Crippen LogP contribution is -2.49. The van der Waals surface area contributed by atoms with E-state index in [9.17, 15) is 4.79 Å². The molecule has 2 rings (SSSR count). The average molecular weight is 182 g/mol. The molecule has 1 amide bonds. The normalized spacial score (nSPS) is 34.5. The average Bonchev–Trinajstić information content (AvgIpc) is 2.90. The summed E-state index contributed by atoms with van der Waals surface area (Å²) >= 11 is 0. The van der Waals surface area contributed by atoms with Gasteiger partial charge < -0.3 is 11.1 Å². The van der Waals surface area contributed by atoms with Gasteiger partial charge in [0.25, 0.3) is 0 Å². The molecule has 13 heavy (non-hydrogen) atoms. The van der Waals surface area contributed by atoms with E-state index >= 15 is 0 Å². The highest BCUT2D eigenvalue weighted by atomic mass is 16.1. The van der Waals surface area contributed by atoms with Crippen LogP contribution in [0.5, 0.6) is 0 Å². The van der Waals surface area contributed by atoms with Gasteiger partial charge in [-0.3, -0.25) is 4.79 Å². The molecule has 0 bridgehead atoms. The first-order chi connectivity index (χ1) is 6.23. The second kappa shape index (κ2) is 3.29. The Hall–Kier alpha value is -0.570. The quantitative estimate of drug-likeness (QED) is 0.673. The van der Waals surface area contributed by atoms with Crippen molar-refractivity contribution < 1.29 is 4.79 Å². The molecular weight excluding hydrogens is 164 g/mol. The fraction of sp³-hybridized carbons (Fsp3) is 0.900. The Balaban J connectivity index is 2.02. The lowest BCUT2D eigenvalue weighted by Gasteiger charge is -2.34. The van der Waals surface area contributed by atoms with Gasteiger partial charge in [-0.2, -0.15) is 0 Å². The van der Waals surface area contributed by atoms with Gasteiger partial charge in [-0.05, 0) is 31.7 Å². The van der Waals surface area contributed by atoms with Crippen molar-refractivity contribution in [2.24, 2.45) is 17.1 Å². The van der Waals surface area contributed by atoms with Gasteiger partial charge in [0.2, 0.25) is 5.91 Å². The maximum Gasteiger partial charge on any atom is 0.224 e. The third-order valence-electron chi connectivity index (χ3n) is 3.37. The molecule has 3 heteroatoms. The highest BCUT2D eigenvalue weighted by molar-refractivity contribution is 5.81. The van der Waals surface area contributed by atoms with Crippen LogP contribution in [-0.2, 0) is 4.79 Å². The van der Waals surface area contributed by atoms with Crippen molar-refractivity contribution in [2.45, 2.75) is 32.1 Å². The monoisotopic (exact) mass is 182 g/mol. The number of rotatable bonds is 3. The van der Waals surface area contributed by atoms with E-state index < -0.39 is 0 Å². The summed E-state index contributed by atoms with van der Waals surface area (Å²) in [4.78, 5) is 11.4. The molecule has 0 radical (unpaired) electrons. The molecule has 1 saturated carbocycles. The number of piperidine rings is 1. The highest BCUT2D eigenvalue weighted by Gasteiger charge is 2.42. The van der Waals surface area contributed by atoms with Gasteiger partial charge in [0.05, 0.1) is 5.41 Å². The maximum absolute atomic E-state index is 11.4. The Morgan fingerprint density at radius 2 is 2.31 bits per heavy atom. The molecule has 0 spiro atoms. The van der Waals surface area contributed by atoms with Crippen molar-refractivity contribution in [2.75, 3.05) is 13.1 Å². The fourth-order valence-electron chi connectivity index (χ4n) is 2.33. The third kappa shape index (κ3) is 1.85. The van der Waals surface area contributed by atoms with Crippen LogP contribution in [0, 0.1) is 11.3 Å². The first-order valence-electron chi connectivity index (χ1n) is 5.24. The zero-order chi connectivity index (χ0) is 9.31. The van der Waals surface area contributed by atoms with Crippen LogP contribution in [0.4, 0.5) is 0 Å². The minimum absolute atomic E-state index is 0.0911. The van der Waals surface area contributed by atoms with E-state index in [0.717, 1.165) is 38.3 Å². The minimum atomic E-state index is -0.209. The topological polar surface area (TPSA) is 55.1 Å². The second-order valence-electron chi connectivity index (χ2n) is 4.57. The summed E-state index contributed by atoms with van der Waals surface area (Å²) in [5, 5.41) is 3.29. The molecule has 1 heterocycles. The molecule has 0 aromatic heterocycles. The van der Waals surface area contributed by atoms with Crippen LogP contribution in [0.3, 0.4) is 0 Å². The van der Waals surface area contributed by atoms with Crippen molar-refractivity contribution in [1.29, 1.82) is 0 Å². The zero-order valence-electron chi connectivity index (χ0n) is 8.01. The number of carbonyl (C=O) groups is 1. The van der Waals surface area contributed by atoms with Gasteiger partial charge in [-0.1, -0.05) is 12.8 Å². The second-order valence-corrected chi connectivity index (χ2v) is 4.57. The first-order valence-corrected chi connectivity index (χ1v) is 5.24. The lowest BCUT2D eigenvalue weighted by atomic mass is 9.76. The van der Waals surface area contributed by atoms with Gasteiger partial charge in [0.1, 0.15) is 0 Å². The van der Waals surface area contributed by atoms with E-state index in [4.69, 9.17) is 5.73 Å². The van der Waals surface area contributed by atoms with Crippen LogP contribution in [0.2, 0.25) is 0 Å². The number of hydrogen-bond donors (Lipinski definition) is 2. The van der Waals surface area contributed by atoms with E-state index in [-0.39, 0.29) is 11.3 Å². The first kappa shape index (κ1) is 9.00. The molecule has 0 aromatic rings. The third-order valence-corrected chi connectivity index (χ3v) is 3.37. The highest BCUT2D eigenvalue weighted by Crippen LogP contribution is 2.43. The molecule has 1 aliphatic carbocycles. The summed E-state index contributed by atoms with van der Waals surface area (Å²) in [7, 11) is 0. The number of nitrogens with one attached hydrogen (secondary N) is 1. The molecular formula is C10H18N2O. The lowest BCUT2D eigenvalue weighted by molar-refractivity contribution is -0.129. The Kier molecular flexibility index (Phi) is 2.28. The molecule has 2 fully saturated rings. The fourth-order valence-corrected chi connectivity index (χ4v) is 2.33. The molecule has 74 valence electrons. The van der Waals surface area contributed by atoms with E-state index in [0.29, 0.717) is 0 Å². The predicted octanol–water partition coefficient (Wildman–Crippen LogP) is 0.642. The van der Waals surface area contributed by atoms with Crippen LogP contribution >= 0.6 is 0 Å². The standard InChI is InChI=1S/C10H18N2O/c11-9(13)10(6-8-2-3-8)4-1-5-12-7-10/h8,12H,1-7H2,(H2,11,13). The molecule has 1 aliphatic heterocycles. The summed E-state index contributed by atoms with van der Waals surface area (Å²) in [5.74, 6) is 0.694. The molecule has 1 atom stereocenters. The van der Waals surface area contributed by atoms with Crippen LogP contribution in [-0.4, -0.2) is 19.0 Å². The van der Waals surface area contributed by atoms with Crippen molar-refractivity contribution in [3.63, 3.8) is 0 Å². The largest absolute Gasteiger partial charge is 0.369 e. The van der Waals surface area contributed by atoms with Crippen molar-refractivity contribution in [3.8, 4) is 0 Å². The summed E-state index contributed by atoms with van der Waals surface area (Å²) in [6.45, 7) is 1.85. The number of hydrogen-bond acceptors (Lipinski definition) is 2. The van der Waals surface area contributed by atoms with Crippen LogP contribution in [0.15, 0.2) is 0 Å². The van der Waals surface area contributed by atoms with Gasteiger partial charge >= 0.3 is 0 Å². The number of primary amides is 1. The van der Waals surface area contributed by atoms with Crippen LogP contribution in [0.1, 0.15) is 32.1 Å². The predicted molar refractivity (Wildman–Crippen MR) is 51.1 cm³/mol. The van der Waals surface area contributed by atoms with Gasteiger partial charge in [-0.25, -0.2) is 0 Å². The van der Waals surface area contributed by atoms with E-state index in [1.807, 2.05) is 0 Å². The van der Waals surface area contributed by atoms with Crippen molar-refractivity contribution >= 4 is 5.91 Å². The van der Waals surface area contributed by atoms with Gasteiger partial charge in [-0.15, -0.1) is 0 Å². The SMILES string of the molecule is NC(=O)C1(CC2CC2)CCCNC1. The molecule has 1 saturated heterocycles. The van der Waals surface area contributed by atoms with Crippen molar-refractivity contribution in [3.05, 3.63) is 0 Å². The van der Waals surface area contributed by atoms with Crippen molar-refractivity contribution in [1.82, 2.24) is 5.32 Å². The Morgan fingerprint density at radius 3 is 2.77 bits per heavy atom. The van der Waals surface area contributed by atoms with E-state index in [2.05, 4.69) is 5.32 Å². The smallest absolute Gasteiger partial charge is 0.224 e. The molecule has 3 nitrogen and oxygen atoms in total. The number of amides is 1. The van der Waals surface area contributed by atoms with E-state index in [1.165, 1.54) is 12.8 Å². The number of carbonyl (C=O) groups excluding carboxylic acids is 1.